The van der Waals surface area contributed by atoms with Gasteiger partial charge in [0.25, 0.3) is 5.56 Å². The normalized spacial score (nSPS) is 11.2. The molecule has 0 radical (unpaired) electrons. The summed E-state index contributed by atoms with van der Waals surface area (Å²) in [5.41, 5.74) is 3.75. The van der Waals surface area contributed by atoms with Crippen LogP contribution in [0.5, 0.6) is 0 Å². The molecule has 0 fully saturated rings. The van der Waals surface area contributed by atoms with E-state index in [1.165, 1.54) is 5.69 Å². The van der Waals surface area contributed by atoms with Crippen molar-refractivity contribution in [3.05, 3.63) is 69.9 Å². The second kappa shape index (κ2) is 8.10. The molecule has 0 aliphatic rings. The van der Waals surface area contributed by atoms with Gasteiger partial charge in [-0.15, -0.1) is 0 Å². The van der Waals surface area contributed by atoms with Gasteiger partial charge >= 0.3 is 0 Å². The van der Waals surface area contributed by atoms with Gasteiger partial charge in [0.2, 0.25) is 0 Å². The summed E-state index contributed by atoms with van der Waals surface area (Å²) in [6, 6.07) is 13.4. The highest BCUT2D eigenvalue weighted by molar-refractivity contribution is 5.54. The van der Waals surface area contributed by atoms with Crippen LogP contribution in [0.25, 0.3) is 11.4 Å². The van der Waals surface area contributed by atoms with Crippen molar-refractivity contribution in [1.29, 1.82) is 0 Å². The summed E-state index contributed by atoms with van der Waals surface area (Å²) in [6.45, 7) is 6.43. The molecule has 2 aromatic heterocycles. The van der Waals surface area contributed by atoms with Crippen molar-refractivity contribution in [3.63, 3.8) is 0 Å². The summed E-state index contributed by atoms with van der Waals surface area (Å²) in [7, 11) is 2.03. The molecule has 3 rings (SSSR count). The van der Waals surface area contributed by atoms with E-state index < -0.39 is 0 Å². The fourth-order valence-corrected chi connectivity index (χ4v) is 3.06. The van der Waals surface area contributed by atoms with Crippen LogP contribution in [0.4, 0.5) is 0 Å². The highest BCUT2D eigenvalue weighted by atomic mass is 16.1. The maximum absolute atomic E-state index is 12.0. The zero-order chi connectivity index (χ0) is 18.5. The summed E-state index contributed by atoms with van der Waals surface area (Å²) < 4.78 is 2.06. The van der Waals surface area contributed by atoms with Gasteiger partial charge in [-0.25, -0.2) is 4.98 Å². The van der Waals surface area contributed by atoms with Crippen LogP contribution in [0.15, 0.2) is 47.3 Å². The molecule has 0 atom stereocenters. The van der Waals surface area contributed by atoms with Crippen molar-refractivity contribution in [1.82, 2.24) is 24.6 Å². The third-order valence-electron chi connectivity index (χ3n) is 4.13. The molecule has 2 heterocycles. The van der Waals surface area contributed by atoms with Gasteiger partial charge in [-0.05, 0) is 26.5 Å². The van der Waals surface area contributed by atoms with Crippen LogP contribution in [0, 0.1) is 6.92 Å². The highest BCUT2D eigenvalue weighted by Gasteiger charge is 2.11. The van der Waals surface area contributed by atoms with Crippen molar-refractivity contribution in [3.8, 4) is 11.4 Å². The zero-order valence-electron chi connectivity index (χ0n) is 15.6. The average Bonchev–Trinajstić information content (AvgIpc) is 2.94. The lowest BCUT2D eigenvalue weighted by atomic mass is 10.2. The molecule has 6 nitrogen and oxygen atoms in total. The van der Waals surface area contributed by atoms with Crippen LogP contribution in [0.1, 0.15) is 30.4 Å². The number of rotatable bonds is 7. The number of aromatic amines is 1. The summed E-state index contributed by atoms with van der Waals surface area (Å²) in [5.74, 6) is 0.605. The number of aryl methyl sites for hydroxylation is 2. The molecular formula is C20H25N5O. The van der Waals surface area contributed by atoms with E-state index in [2.05, 4.69) is 37.6 Å². The summed E-state index contributed by atoms with van der Waals surface area (Å²) in [4.78, 5) is 21.6. The van der Waals surface area contributed by atoms with E-state index in [1.54, 1.807) is 6.07 Å². The second-order valence-electron chi connectivity index (χ2n) is 6.62. The number of aromatic nitrogens is 4. The summed E-state index contributed by atoms with van der Waals surface area (Å²) in [5, 5.41) is 4.55. The van der Waals surface area contributed by atoms with E-state index in [1.807, 2.05) is 44.3 Å². The van der Waals surface area contributed by atoms with Crippen LogP contribution in [0.2, 0.25) is 0 Å². The molecule has 0 spiro atoms. The Hall–Kier alpha value is -2.73. The number of nitrogens with zero attached hydrogens (tertiary/aromatic N) is 4. The number of benzene rings is 1. The number of nitrogens with one attached hydrogen (secondary N) is 1. The fraction of sp³-hybridized carbons (Fsp3) is 0.350. The molecule has 6 heteroatoms. The van der Waals surface area contributed by atoms with Crippen molar-refractivity contribution in [2.45, 2.75) is 39.9 Å². The summed E-state index contributed by atoms with van der Waals surface area (Å²) >= 11 is 0. The number of hydrogen-bond acceptors (Lipinski definition) is 4. The van der Waals surface area contributed by atoms with E-state index in [0.29, 0.717) is 12.4 Å². The fourth-order valence-electron chi connectivity index (χ4n) is 3.06. The van der Waals surface area contributed by atoms with Crippen LogP contribution >= 0.6 is 0 Å². The van der Waals surface area contributed by atoms with E-state index in [0.717, 1.165) is 36.5 Å². The lowest BCUT2D eigenvalue weighted by Gasteiger charge is -2.17. The van der Waals surface area contributed by atoms with Crippen LogP contribution in [-0.4, -0.2) is 31.7 Å². The van der Waals surface area contributed by atoms with Crippen LogP contribution in [0.3, 0.4) is 0 Å². The minimum absolute atomic E-state index is 0.130. The first kappa shape index (κ1) is 18.1. The number of hydrogen-bond donors (Lipinski definition) is 1. The Bertz CT molecular complexity index is 913. The Labute approximate surface area is 153 Å². The van der Waals surface area contributed by atoms with Crippen molar-refractivity contribution >= 4 is 0 Å². The highest BCUT2D eigenvalue weighted by Crippen LogP contribution is 2.14. The van der Waals surface area contributed by atoms with Gasteiger partial charge in [0.1, 0.15) is 5.82 Å². The monoisotopic (exact) mass is 351 g/mol. The SMILES string of the molecule is CCCn1nc(C)cc1CN(C)Cc1cc(=O)[nH]c(-c2ccccc2)n1. The molecule has 1 N–H and O–H groups in total. The minimum atomic E-state index is -0.130. The van der Waals surface area contributed by atoms with E-state index in [-0.39, 0.29) is 5.56 Å². The largest absolute Gasteiger partial charge is 0.307 e. The van der Waals surface area contributed by atoms with Gasteiger partial charge in [0.15, 0.2) is 0 Å². The van der Waals surface area contributed by atoms with Crippen molar-refractivity contribution < 1.29 is 0 Å². The average molecular weight is 351 g/mol. The Kier molecular flexibility index (Phi) is 5.63. The molecule has 0 bridgehead atoms. The third kappa shape index (κ3) is 4.46. The third-order valence-corrected chi connectivity index (χ3v) is 4.13. The van der Waals surface area contributed by atoms with E-state index >= 15 is 0 Å². The number of H-pyrrole nitrogens is 1. The zero-order valence-corrected chi connectivity index (χ0v) is 15.6. The molecule has 0 saturated heterocycles. The molecule has 1 aromatic carbocycles. The minimum Gasteiger partial charge on any atom is -0.307 e. The predicted molar refractivity (Wildman–Crippen MR) is 103 cm³/mol. The van der Waals surface area contributed by atoms with Crippen molar-refractivity contribution in [2.24, 2.45) is 0 Å². The first-order valence-electron chi connectivity index (χ1n) is 8.92. The lowest BCUT2D eigenvalue weighted by Crippen LogP contribution is -2.22. The van der Waals surface area contributed by atoms with Gasteiger partial charge in [-0.1, -0.05) is 37.3 Å². The van der Waals surface area contributed by atoms with Crippen molar-refractivity contribution in [2.75, 3.05) is 7.05 Å². The van der Waals surface area contributed by atoms with Crippen LogP contribution < -0.4 is 5.56 Å². The van der Waals surface area contributed by atoms with Gasteiger partial charge in [0.05, 0.1) is 17.1 Å². The maximum atomic E-state index is 12.0. The molecule has 0 saturated carbocycles. The van der Waals surface area contributed by atoms with Gasteiger partial charge in [0, 0.05) is 31.3 Å². The Balaban J connectivity index is 1.76. The molecule has 3 aromatic rings. The smallest absolute Gasteiger partial charge is 0.251 e. The quantitative estimate of drug-likeness (QED) is 0.711. The Morgan fingerprint density at radius 1 is 1.15 bits per heavy atom. The Morgan fingerprint density at radius 3 is 2.65 bits per heavy atom. The van der Waals surface area contributed by atoms with Crippen LogP contribution in [-0.2, 0) is 19.6 Å². The van der Waals surface area contributed by atoms with Gasteiger partial charge < -0.3 is 4.98 Å². The molecule has 136 valence electrons. The molecule has 0 unspecified atom stereocenters. The standard InChI is InChI=1S/C20H25N5O/c1-4-10-25-18(11-15(2)23-25)14-24(3)13-17-12-19(26)22-20(21-17)16-8-6-5-7-9-16/h5-9,11-12H,4,10,13-14H2,1-3H3,(H,21,22,26). The first-order valence-corrected chi connectivity index (χ1v) is 8.92. The van der Waals surface area contributed by atoms with E-state index in [9.17, 15) is 4.79 Å². The first-order chi connectivity index (χ1) is 12.5. The molecule has 0 aliphatic carbocycles. The summed E-state index contributed by atoms with van der Waals surface area (Å²) in [6.07, 6.45) is 1.05. The Morgan fingerprint density at radius 2 is 1.92 bits per heavy atom. The molecule has 0 amide bonds. The maximum Gasteiger partial charge on any atom is 0.251 e. The molecular weight excluding hydrogens is 326 g/mol. The molecule has 0 aliphatic heterocycles. The predicted octanol–water partition coefficient (Wildman–Crippen LogP) is 2.98. The topological polar surface area (TPSA) is 66.8 Å². The lowest BCUT2D eigenvalue weighted by molar-refractivity contribution is 0.302. The van der Waals surface area contributed by atoms with Gasteiger partial charge in [-0.3, -0.25) is 14.4 Å². The molecule has 26 heavy (non-hydrogen) atoms. The van der Waals surface area contributed by atoms with E-state index in [4.69, 9.17) is 0 Å². The second-order valence-corrected chi connectivity index (χ2v) is 6.62. The van der Waals surface area contributed by atoms with Gasteiger partial charge in [-0.2, -0.15) is 5.10 Å².